The lowest BCUT2D eigenvalue weighted by Gasteiger charge is -2.06. The number of nitrogens with zero attached hydrogens (tertiary/aromatic N) is 1. The van der Waals surface area contributed by atoms with Crippen molar-refractivity contribution in [3.05, 3.63) is 46.8 Å². The summed E-state index contributed by atoms with van der Waals surface area (Å²) in [6, 6.07) is 6.69. The van der Waals surface area contributed by atoms with Crippen LogP contribution in [0.15, 0.2) is 28.8 Å². The number of carbonyl (C=O) groups excluding carboxylic acids is 1. The van der Waals surface area contributed by atoms with E-state index in [1.807, 2.05) is 6.92 Å². The summed E-state index contributed by atoms with van der Waals surface area (Å²) < 4.78 is 5.03. The summed E-state index contributed by atoms with van der Waals surface area (Å²) >= 11 is 0. The zero-order chi connectivity index (χ0) is 15.4. The highest BCUT2D eigenvalue weighted by Crippen LogP contribution is 2.17. The number of hydrogen-bond acceptors (Lipinski definition) is 4. The minimum absolute atomic E-state index is 0.0427. The molecule has 1 aromatic heterocycles. The van der Waals surface area contributed by atoms with Crippen molar-refractivity contribution >= 4 is 17.6 Å². The molecule has 0 radical (unpaired) electrons. The van der Waals surface area contributed by atoms with Crippen LogP contribution in [0.1, 0.15) is 34.3 Å². The Labute approximate surface area is 121 Å². The predicted molar refractivity (Wildman–Crippen MR) is 76.4 cm³/mol. The molecule has 2 N–H and O–H groups in total. The third-order valence-electron chi connectivity index (χ3n) is 3.06. The van der Waals surface area contributed by atoms with E-state index >= 15 is 0 Å². The first-order valence-electron chi connectivity index (χ1n) is 6.58. The van der Waals surface area contributed by atoms with Crippen molar-refractivity contribution in [1.82, 2.24) is 5.16 Å². The van der Waals surface area contributed by atoms with Crippen LogP contribution in [0.2, 0.25) is 0 Å². The molecule has 2 aromatic rings. The molecule has 6 heteroatoms. The number of rotatable bonds is 5. The number of amides is 1. The van der Waals surface area contributed by atoms with Crippen molar-refractivity contribution in [2.45, 2.75) is 26.7 Å². The zero-order valence-electron chi connectivity index (χ0n) is 11.8. The molecule has 21 heavy (non-hydrogen) atoms. The van der Waals surface area contributed by atoms with Gasteiger partial charge in [-0.05, 0) is 31.0 Å². The van der Waals surface area contributed by atoms with Crippen LogP contribution in [0, 0.1) is 6.92 Å². The summed E-state index contributed by atoms with van der Waals surface area (Å²) in [5.41, 5.74) is 2.34. The van der Waals surface area contributed by atoms with Crippen LogP contribution in [0.25, 0.3) is 0 Å². The average Bonchev–Trinajstić information content (AvgIpc) is 2.81. The quantitative estimate of drug-likeness (QED) is 0.881. The van der Waals surface area contributed by atoms with Crippen LogP contribution >= 0.6 is 0 Å². The molecular weight excluding hydrogens is 272 g/mol. The summed E-state index contributed by atoms with van der Waals surface area (Å²) in [6.07, 6.45) is 0.566. The Bertz CT molecular complexity index is 659. The molecule has 6 nitrogen and oxygen atoms in total. The van der Waals surface area contributed by atoms with Crippen molar-refractivity contribution in [3.8, 4) is 0 Å². The monoisotopic (exact) mass is 288 g/mol. The Morgan fingerprint density at radius 2 is 1.95 bits per heavy atom. The van der Waals surface area contributed by atoms with E-state index in [0.717, 1.165) is 0 Å². The molecule has 0 saturated carbocycles. The second-order valence-electron chi connectivity index (χ2n) is 4.64. The smallest absolute Gasteiger partial charge is 0.307 e. The van der Waals surface area contributed by atoms with Gasteiger partial charge in [0.25, 0.3) is 5.91 Å². The van der Waals surface area contributed by atoms with Crippen molar-refractivity contribution in [2.24, 2.45) is 0 Å². The van der Waals surface area contributed by atoms with Gasteiger partial charge in [-0.3, -0.25) is 9.59 Å². The lowest BCUT2D eigenvalue weighted by atomic mass is 10.1. The molecule has 0 fully saturated rings. The molecule has 0 spiro atoms. The highest BCUT2D eigenvalue weighted by molar-refractivity contribution is 6.05. The Morgan fingerprint density at radius 1 is 1.29 bits per heavy atom. The van der Waals surface area contributed by atoms with Gasteiger partial charge in [-0.15, -0.1) is 0 Å². The first-order chi connectivity index (χ1) is 10.0. The number of benzene rings is 1. The van der Waals surface area contributed by atoms with Gasteiger partial charge in [0.15, 0.2) is 0 Å². The molecule has 1 heterocycles. The first kappa shape index (κ1) is 14.8. The maximum Gasteiger partial charge on any atom is 0.307 e. The van der Waals surface area contributed by atoms with Crippen molar-refractivity contribution in [2.75, 3.05) is 5.32 Å². The van der Waals surface area contributed by atoms with E-state index in [1.54, 1.807) is 31.2 Å². The number of carboxylic acid groups (broad SMARTS) is 1. The van der Waals surface area contributed by atoms with Crippen molar-refractivity contribution in [3.63, 3.8) is 0 Å². The Hall–Kier alpha value is -2.63. The topological polar surface area (TPSA) is 92.4 Å². The number of aryl methyl sites for hydroxylation is 2. The number of hydrogen-bond donors (Lipinski definition) is 2. The third-order valence-corrected chi connectivity index (χ3v) is 3.06. The van der Waals surface area contributed by atoms with Gasteiger partial charge >= 0.3 is 5.97 Å². The molecular formula is C15H16N2O4. The fraction of sp³-hybridized carbons (Fsp3) is 0.267. The van der Waals surface area contributed by atoms with E-state index in [2.05, 4.69) is 10.5 Å². The van der Waals surface area contributed by atoms with Gasteiger partial charge in [-0.2, -0.15) is 0 Å². The summed E-state index contributed by atoms with van der Waals surface area (Å²) in [6.45, 7) is 3.59. The van der Waals surface area contributed by atoms with Crippen molar-refractivity contribution < 1.29 is 19.2 Å². The van der Waals surface area contributed by atoms with Crippen LogP contribution < -0.4 is 5.32 Å². The Kier molecular flexibility index (Phi) is 4.37. The molecule has 1 amide bonds. The second-order valence-corrected chi connectivity index (χ2v) is 4.64. The summed E-state index contributed by atoms with van der Waals surface area (Å²) in [5, 5.41) is 15.3. The van der Waals surface area contributed by atoms with E-state index < -0.39 is 5.97 Å². The van der Waals surface area contributed by atoms with Gasteiger partial charge in [0.05, 0.1) is 12.1 Å². The van der Waals surface area contributed by atoms with Gasteiger partial charge in [0.1, 0.15) is 11.3 Å². The number of aliphatic carboxylic acids is 1. The molecule has 0 saturated heterocycles. The molecule has 0 aliphatic carbocycles. The number of anilines is 1. The van der Waals surface area contributed by atoms with E-state index in [0.29, 0.717) is 34.7 Å². The normalized spacial score (nSPS) is 10.4. The molecule has 110 valence electrons. The van der Waals surface area contributed by atoms with E-state index in [9.17, 15) is 9.59 Å². The van der Waals surface area contributed by atoms with E-state index in [1.165, 1.54) is 0 Å². The fourth-order valence-corrected chi connectivity index (χ4v) is 2.02. The van der Waals surface area contributed by atoms with Gasteiger partial charge < -0.3 is 14.9 Å². The number of nitrogens with one attached hydrogen (secondary N) is 1. The van der Waals surface area contributed by atoms with Gasteiger partial charge in [-0.25, -0.2) is 0 Å². The highest BCUT2D eigenvalue weighted by Gasteiger charge is 2.19. The number of carboxylic acids is 1. The van der Waals surface area contributed by atoms with Crippen LogP contribution in [0.5, 0.6) is 0 Å². The molecule has 2 rings (SSSR count). The van der Waals surface area contributed by atoms with Gasteiger partial charge in [0, 0.05) is 5.69 Å². The van der Waals surface area contributed by atoms with E-state index in [4.69, 9.17) is 9.63 Å². The van der Waals surface area contributed by atoms with Crippen LogP contribution in [-0.4, -0.2) is 22.1 Å². The van der Waals surface area contributed by atoms with Crippen molar-refractivity contribution in [1.29, 1.82) is 0 Å². The average molecular weight is 288 g/mol. The standard InChI is InChI=1S/C15H16N2O4/c1-3-12-14(9(2)21-17-12)15(20)16-11-6-4-10(5-7-11)8-13(18)19/h4-7H,3,8H2,1-2H3,(H,16,20)(H,18,19). The predicted octanol–water partition coefficient (Wildman–Crippen LogP) is 2.42. The summed E-state index contributed by atoms with van der Waals surface area (Å²) in [4.78, 5) is 22.8. The summed E-state index contributed by atoms with van der Waals surface area (Å²) in [7, 11) is 0. The summed E-state index contributed by atoms with van der Waals surface area (Å²) in [5.74, 6) is -0.692. The lowest BCUT2D eigenvalue weighted by Crippen LogP contribution is -2.14. The number of carbonyl (C=O) groups is 2. The molecule has 0 atom stereocenters. The Balaban J connectivity index is 2.12. The molecule has 1 aromatic carbocycles. The van der Waals surface area contributed by atoms with Gasteiger partial charge in [-0.1, -0.05) is 24.2 Å². The maximum atomic E-state index is 12.2. The van der Waals surface area contributed by atoms with E-state index in [-0.39, 0.29) is 12.3 Å². The minimum atomic E-state index is -0.889. The third kappa shape index (κ3) is 3.47. The highest BCUT2D eigenvalue weighted by atomic mass is 16.5. The Morgan fingerprint density at radius 3 is 2.52 bits per heavy atom. The molecule has 0 bridgehead atoms. The molecule has 0 unspecified atom stereocenters. The number of aromatic nitrogens is 1. The second kappa shape index (κ2) is 6.21. The zero-order valence-corrected chi connectivity index (χ0v) is 11.8. The molecule has 0 aliphatic heterocycles. The minimum Gasteiger partial charge on any atom is -0.481 e. The van der Waals surface area contributed by atoms with Crippen LogP contribution in [0.3, 0.4) is 0 Å². The lowest BCUT2D eigenvalue weighted by molar-refractivity contribution is -0.136. The van der Waals surface area contributed by atoms with Gasteiger partial charge in [0.2, 0.25) is 0 Å². The largest absolute Gasteiger partial charge is 0.481 e. The molecule has 0 aliphatic rings. The van der Waals surface area contributed by atoms with Crippen LogP contribution in [-0.2, 0) is 17.6 Å². The maximum absolute atomic E-state index is 12.2. The SMILES string of the molecule is CCc1noc(C)c1C(=O)Nc1ccc(CC(=O)O)cc1. The van der Waals surface area contributed by atoms with Crippen LogP contribution in [0.4, 0.5) is 5.69 Å². The first-order valence-corrected chi connectivity index (χ1v) is 6.58. The fourth-order valence-electron chi connectivity index (χ4n) is 2.02.